The summed E-state index contributed by atoms with van der Waals surface area (Å²) in [6.07, 6.45) is 0. The highest BCUT2D eigenvalue weighted by Crippen LogP contribution is 2.38. The second kappa shape index (κ2) is 7.21. The quantitative estimate of drug-likeness (QED) is 0.675. The first kappa shape index (κ1) is 19.2. The normalized spacial score (nSPS) is 17.0. The van der Waals surface area contributed by atoms with Gasteiger partial charge in [0.15, 0.2) is 21.6 Å². The number of amides is 1. The first-order valence-electron chi connectivity index (χ1n) is 8.18. The fourth-order valence-electron chi connectivity index (χ4n) is 2.61. The van der Waals surface area contributed by atoms with Gasteiger partial charge in [-0.25, -0.2) is 13.4 Å². The first-order valence-corrected chi connectivity index (χ1v) is 10.1. The number of benzene rings is 2. The number of sulfone groups is 1. The van der Waals surface area contributed by atoms with Gasteiger partial charge in [0, 0.05) is 0 Å². The van der Waals surface area contributed by atoms with Crippen LogP contribution in [0.25, 0.3) is 0 Å². The van der Waals surface area contributed by atoms with Crippen LogP contribution in [-0.4, -0.2) is 30.6 Å². The van der Waals surface area contributed by atoms with Crippen LogP contribution in [0.5, 0.6) is 5.75 Å². The Hall–Kier alpha value is -2.58. The van der Waals surface area contributed by atoms with Crippen LogP contribution < -0.4 is 10.6 Å². The number of aliphatic imine (C=N–C) groups is 1. The Bertz CT molecular complexity index is 1020. The molecule has 1 aliphatic rings. The van der Waals surface area contributed by atoms with Crippen molar-refractivity contribution >= 4 is 39.0 Å². The molecule has 0 radical (unpaired) electrons. The maximum absolute atomic E-state index is 12.5. The van der Waals surface area contributed by atoms with Crippen LogP contribution in [0.1, 0.15) is 25.5 Å². The van der Waals surface area contributed by atoms with E-state index in [9.17, 15) is 18.3 Å². The molecule has 1 aliphatic heterocycles. The molecule has 3 rings (SSSR count). The molecule has 27 heavy (non-hydrogen) atoms. The number of phenolic OH excluding ortho intramolecular Hbond substituents is 1. The third-order valence-electron chi connectivity index (χ3n) is 4.11. The molecular formula is C18H18ClN3O4S. The molecule has 1 atom stereocenters. The summed E-state index contributed by atoms with van der Waals surface area (Å²) >= 11 is 6.01. The van der Waals surface area contributed by atoms with Crippen molar-refractivity contribution in [1.82, 2.24) is 5.32 Å². The summed E-state index contributed by atoms with van der Waals surface area (Å²) in [7, 11) is -3.81. The van der Waals surface area contributed by atoms with Crippen LogP contribution in [0.2, 0.25) is 5.02 Å². The number of guanidine groups is 1. The zero-order valence-corrected chi connectivity index (χ0v) is 16.2. The molecule has 7 nitrogen and oxygen atoms in total. The highest BCUT2D eigenvalue weighted by Gasteiger charge is 2.30. The molecule has 1 amide bonds. The van der Waals surface area contributed by atoms with Crippen LogP contribution >= 0.6 is 11.6 Å². The lowest BCUT2D eigenvalue weighted by atomic mass is 10.1. The summed E-state index contributed by atoms with van der Waals surface area (Å²) in [6.45, 7) is 2.99. The number of aromatic hydroxyl groups is 1. The summed E-state index contributed by atoms with van der Waals surface area (Å²) < 4.78 is 25.0. The highest BCUT2D eigenvalue weighted by molar-refractivity contribution is 7.92. The first-order chi connectivity index (χ1) is 12.7. The Morgan fingerprint density at radius 1 is 1.19 bits per heavy atom. The van der Waals surface area contributed by atoms with Crippen molar-refractivity contribution in [2.75, 3.05) is 5.32 Å². The molecule has 2 aromatic rings. The van der Waals surface area contributed by atoms with Gasteiger partial charge >= 0.3 is 0 Å². The number of halogens is 1. The van der Waals surface area contributed by atoms with E-state index < -0.39 is 26.9 Å². The second-order valence-electron chi connectivity index (χ2n) is 6.27. The van der Waals surface area contributed by atoms with Gasteiger partial charge in [0.1, 0.15) is 4.90 Å². The Kier molecular flexibility index (Phi) is 5.12. The summed E-state index contributed by atoms with van der Waals surface area (Å²) in [5.41, 5.74) is 0.793. The third kappa shape index (κ3) is 3.63. The molecule has 0 aromatic heterocycles. The molecule has 0 spiro atoms. The Balaban J connectivity index is 1.94. The number of phenols is 1. The van der Waals surface area contributed by atoms with Crippen molar-refractivity contribution in [3.8, 4) is 5.75 Å². The third-order valence-corrected chi connectivity index (χ3v) is 6.76. The summed E-state index contributed by atoms with van der Waals surface area (Å²) in [6, 6.07) is 11.1. The number of hydrogen-bond donors (Lipinski definition) is 3. The number of rotatable bonds is 4. The van der Waals surface area contributed by atoms with Gasteiger partial charge in [-0.05, 0) is 31.5 Å². The van der Waals surface area contributed by atoms with Gasteiger partial charge < -0.3 is 10.4 Å². The molecule has 9 heteroatoms. The molecule has 3 N–H and O–H groups in total. The number of anilines is 1. The minimum absolute atomic E-state index is 0.0754. The van der Waals surface area contributed by atoms with Gasteiger partial charge in [-0.15, -0.1) is 0 Å². The molecule has 0 fully saturated rings. The van der Waals surface area contributed by atoms with Gasteiger partial charge in [0.2, 0.25) is 5.96 Å². The molecule has 0 saturated heterocycles. The predicted octanol–water partition coefficient (Wildman–Crippen LogP) is 2.87. The van der Waals surface area contributed by atoms with Crippen LogP contribution in [0, 0.1) is 0 Å². The Labute approximate surface area is 162 Å². The van der Waals surface area contributed by atoms with E-state index in [1.54, 1.807) is 24.3 Å². The lowest BCUT2D eigenvalue weighted by molar-refractivity contribution is -0.120. The van der Waals surface area contributed by atoms with Crippen LogP contribution in [-0.2, 0) is 14.6 Å². The molecule has 0 bridgehead atoms. The van der Waals surface area contributed by atoms with Crippen molar-refractivity contribution in [3.63, 3.8) is 0 Å². The van der Waals surface area contributed by atoms with Crippen LogP contribution in [0.4, 0.5) is 5.69 Å². The van der Waals surface area contributed by atoms with Crippen LogP contribution in [0.3, 0.4) is 0 Å². The van der Waals surface area contributed by atoms with Gasteiger partial charge in [-0.2, -0.15) is 0 Å². The number of carbonyl (C=O) groups is 1. The average molecular weight is 408 g/mol. The predicted molar refractivity (Wildman–Crippen MR) is 104 cm³/mol. The maximum Gasteiger partial charge on any atom is 0.256 e. The zero-order chi connectivity index (χ0) is 19.8. The van der Waals surface area contributed by atoms with E-state index in [1.807, 2.05) is 6.07 Å². The van der Waals surface area contributed by atoms with Gasteiger partial charge in [-0.3, -0.25) is 10.1 Å². The van der Waals surface area contributed by atoms with Crippen molar-refractivity contribution in [2.45, 2.75) is 30.0 Å². The minimum Gasteiger partial charge on any atom is -0.504 e. The van der Waals surface area contributed by atoms with E-state index in [4.69, 9.17) is 11.6 Å². The number of carbonyl (C=O) groups excluding carboxylic acids is 1. The fraction of sp³-hybridized carbons (Fsp3) is 0.222. The van der Waals surface area contributed by atoms with E-state index >= 15 is 0 Å². The van der Waals surface area contributed by atoms with Crippen molar-refractivity contribution in [3.05, 3.63) is 53.1 Å². The van der Waals surface area contributed by atoms with Gasteiger partial charge in [0.05, 0.1) is 16.0 Å². The van der Waals surface area contributed by atoms with E-state index in [2.05, 4.69) is 15.6 Å². The lowest BCUT2D eigenvalue weighted by Gasteiger charge is -2.15. The molecule has 2 aromatic carbocycles. The molecule has 1 unspecified atom stereocenters. The van der Waals surface area contributed by atoms with E-state index in [0.717, 1.165) is 5.56 Å². The molecular weight excluding hydrogens is 390 g/mol. The Morgan fingerprint density at radius 2 is 1.85 bits per heavy atom. The fourth-order valence-corrected chi connectivity index (χ4v) is 4.28. The summed E-state index contributed by atoms with van der Waals surface area (Å²) in [5, 5.41) is 15.0. The van der Waals surface area contributed by atoms with E-state index in [0.29, 0.717) is 0 Å². The number of nitrogens with zero attached hydrogens (tertiary/aromatic N) is 1. The van der Waals surface area contributed by atoms with Crippen LogP contribution in [0.15, 0.2) is 52.4 Å². The maximum atomic E-state index is 12.5. The van der Waals surface area contributed by atoms with Crippen molar-refractivity contribution < 1.29 is 18.3 Å². The van der Waals surface area contributed by atoms with Crippen molar-refractivity contribution in [1.29, 1.82) is 0 Å². The summed E-state index contributed by atoms with van der Waals surface area (Å²) in [4.78, 5) is 16.1. The number of nitrogens with one attached hydrogen (secondary N) is 2. The summed E-state index contributed by atoms with van der Waals surface area (Å²) in [5.74, 6) is -0.733. The molecule has 0 aliphatic carbocycles. The van der Waals surface area contributed by atoms with E-state index in [1.165, 1.54) is 26.0 Å². The van der Waals surface area contributed by atoms with E-state index in [-0.39, 0.29) is 27.5 Å². The van der Waals surface area contributed by atoms with Gasteiger partial charge in [0.25, 0.3) is 5.91 Å². The molecule has 0 saturated carbocycles. The number of hydrogen-bond acceptors (Lipinski definition) is 6. The smallest absolute Gasteiger partial charge is 0.256 e. The molecule has 1 heterocycles. The minimum atomic E-state index is -3.81. The Morgan fingerprint density at radius 3 is 2.48 bits per heavy atom. The molecule has 142 valence electrons. The monoisotopic (exact) mass is 407 g/mol. The topological polar surface area (TPSA) is 108 Å². The largest absolute Gasteiger partial charge is 0.504 e. The standard InChI is InChI=1S/C18H18ClN3O4S/c1-10(2)27(25,26)16-12(19)8-9-13(15(16)23)20-18-21-14(17(24)22-18)11-6-4-3-5-7-11/h3-10,14,23H,1-2H3,(H2,20,21,22,24). The highest BCUT2D eigenvalue weighted by atomic mass is 35.5. The SMILES string of the molecule is CC(C)S(=O)(=O)c1c(Cl)ccc(NC2=NC(c3ccccc3)C(=O)N2)c1O. The van der Waals surface area contributed by atoms with Crippen molar-refractivity contribution in [2.24, 2.45) is 4.99 Å². The lowest BCUT2D eigenvalue weighted by Crippen LogP contribution is -2.31. The second-order valence-corrected chi connectivity index (χ2v) is 9.12. The van der Waals surface area contributed by atoms with Gasteiger partial charge in [-0.1, -0.05) is 41.9 Å². The zero-order valence-electron chi connectivity index (χ0n) is 14.6. The average Bonchev–Trinajstić information content (AvgIpc) is 2.98.